The van der Waals surface area contributed by atoms with Crippen LogP contribution in [0.4, 0.5) is 13.2 Å². The second-order valence-corrected chi connectivity index (χ2v) is 4.36. The largest absolute Gasteiger partial charge is 0.462 e. The van der Waals surface area contributed by atoms with Crippen LogP contribution < -0.4 is 5.73 Å². The Kier molecular flexibility index (Phi) is 7.10. The summed E-state index contributed by atoms with van der Waals surface area (Å²) >= 11 is 11.2. The molecule has 0 radical (unpaired) electrons. The molecule has 1 aromatic carbocycles. The first-order valence-electron chi connectivity index (χ1n) is 5.17. The Hall–Kier alpha value is -0.690. The van der Waals surface area contributed by atoms with Crippen molar-refractivity contribution in [3.8, 4) is 0 Å². The van der Waals surface area contributed by atoms with Crippen LogP contribution in [0.2, 0.25) is 10.0 Å². The van der Waals surface area contributed by atoms with E-state index in [2.05, 4.69) is 4.74 Å². The Morgan fingerprint density at radius 3 is 2.50 bits per heavy atom. The predicted octanol–water partition coefficient (Wildman–Crippen LogP) is 3.75. The van der Waals surface area contributed by atoms with E-state index in [0.29, 0.717) is 0 Å². The fourth-order valence-corrected chi connectivity index (χ4v) is 1.80. The fourth-order valence-electron chi connectivity index (χ4n) is 1.36. The number of rotatable bonds is 4. The van der Waals surface area contributed by atoms with Gasteiger partial charge in [0.1, 0.15) is 11.9 Å². The highest BCUT2D eigenvalue weighted by Gasteiger charge is 2.49. The van der Waals surface area contributed by atoms with Crippen LogP contribution in [0.5, 0.6) is 0 Å². The minimum Gasteiger partial charge on any atom is -0.462 e. The number of carbonyl (C=O) groups is 1. The second kappa shape index (κ2) is 7.36. The summed E-state index contributed by atoms with van der Waals surface area (Å²) in [6, 6.07) is -0.361. The Morgan fingerprint density at radius 1 is 1.45 bits per heavy atom. The van der Waals surface area contributed by atoms with E-state index >= 15 is 0 Å². The number of hydrogen-bond donors (Lipinski definition) is 1. The number of carbonyl (C=O) groups excluding carboxylic acids is 1. The predicted molar refractivity (Wildman–Crippen MR) is 72.2 cm³/mol. The van der Waals surface area contributed by atoms with Crippen LogP contribution in [0.3, 0.4) is 0 Å². The maximum atomic E-state index is 13.7. The lowest BCUT2D eigenvalue weighted by Crippen LogP contribution is -2.42. The molecular formula is C11H11Cl3F3NO2. The molecule has 0 aromatic heterocycles. The number of esters is 1. The third kappa shape index (κ3) is 3.69. The summed E-state index contributed by atoms with van der Waals surface area (Å²) < 4.78 is 45.2. The summed E-state index contributed by atoms with van der Waals surface area (Å²) in [5, 5.41) is -0.605. The quantitative estimate of drug-likeness (QED) is 0.663. The molecule has 0 aliphatic heterocycles. The van der Waals surface area contributed by atoms with Crippen LogP contribution in [0.1, 0.15) is 18.5 Å². The Bertz CT molecular complexity index is 500. The van der Waals surface area contributed by atoms with Crippen LogP contribution in [-0.2, 0) is 9.53 Å². The van der Waals surface area contributed by atoms with Crippen molar-refractivity contribution >= 4 is 41.6 Å². The minimum atomic E-state index is -4.12. The number of nitrogens with two attached hydrogens (primary N) is 1. The number of halogens is 6. The van der Waals surface area contributed by atoms with Gasteiger partial charge in [0.2, 0.25) is 0 Å². The zero-order chi connectivity index (χ0) is 14.8. The van der Waals surface area contributed by atoms with Gasteiger partial charge in [-0.25, -0.2) is 9.18 Å². The van der Waals surface area contributed by atoms with Crippen LogP contribution in [-0.4, -0.2) is 18.5 Å². The zero-order valence-electron chi connectivity index (χ0n) is 10.1. The van der Waals surface area contributed by atoms with E-state index in [9.17, 15) is 18.0 Å². The van der Waals surface area contributed by atoms with Crippen molar-refractivity contribution in [2.24, 2.45) is 5.73 Å². The number of benzene rings is 1. The molecule has 0 spiro atoms. The number of hydrogen-bond acceptors (Lipinski definition) is 3. The summed E-state index contributed by atoms with van der Waals surface area (Å²) in [6.45, 7) is 1.10. The number of alkyl halides is 2. The summed E-state index contributed by atoms with van der Waals surface area (Å²) in [5.41, 5.74) is 4.51. The van der Waals surface area contributed by atoms with Crippen molar-refractivity contribution in [2.75, 3.05) is 6.61 Å². The van der Waals surface area contributed by atoms with E-state index in [1.165, 1.54) is 6.92 Å². The van der Waals surface area contributed by atoms with Gasteiger partial charge in [0.05, 0.1) is 16.7 Å². The van der Waals surface area contributed by atoms with Gasteiger partial charge in [0, 0.05) is 5.56 Å². The van der Waals surface area contributed by atoms with E-state index in [1.807, 2.05) is 0 Å². The first-order chi connectivity index (χ1) is 8.73. The van der Waals surface area contributed by atoms with Crippen molar-refractivity contribution in [2.45, 2.75) is 18.9 Å². The average Bonchev–Trinajstić information content (AvgIpc) is 2.34. The van der Waals surface area contributed by atoms with Crippen molar-refractivity contribution in [3.63, 3.8) is 0 Å². The molecule has 9 heteroatoms. The molecule has 0 bridgehead atoms. The van der Waals surface area contributed by atoms with E-state index in [-0.39, 0.29) is 24.0 Å². The van der Waals surface area contributed by atoms with Crippen molar-refractivity contribution in [1.82, 2.24) is 0 Å². The van der Waals surface area contributed by atoms with Gasteiger partial charge in [-0.3, -0.25) is 0 Å². The average molecular weight is 353 g/mol. The second-order valence-electron chi connectivity index (χ2n) is 3.58. The number of ether oxygens (including phenoxy) is 1. The maximum absolute atomic E-state index is 13.7. The first-order valence-corrected chi connectivity index (χ1v) is 5.93. The smallest absolute Gasteiger partial charge is 0.379 e. The molecule has 0 saturated carbocycles. The van der Waals surface area contributed by atoms with Gasteiger partial charge in [0.25, 0.3) is 0 Å². The normalized spacial score (nSPS) is 12.6. The van der Waals surface area contributed by atoms with Crippen molar-refractivity contribution < 1.29 is 22.7 Å². The molecule has 3 nitrogen and oxygen atoms in total. The molecular weight excluding hydrogens is 341 g/mol. The Morgan fingerprint density at radius 2 is 2.00 bits per heavy atom. The topological polar surface area (TPSA) is 52.3 Å². The molecule has 2 N–H and O–H groups in total. The monoisotopic (exact) mass is 351 g/mol. The zero-order valence-corrected chi connectivity index (χ0v) is 12.5. The highest BCUT2D eigenvalue weighted by atomic mass is 35.5. The van der Waals surface area contributed by atoms with E-state index in [1.54, 1.807) is 0 Å². The first kappa shape index (κ1) is 19.3. The molecule has 1 aromatic rings. The Balaban J connectivity index is 0.00000361. The SMILES string of the molecule is CCOC(=O)C(F)(F)[C@@H](N)c1c(F)ccc(Cl)c1Cl.Cl. The highest BCUT2D eigenvalue weighted by Crippen LogP contribution is 2.38. The molecule has 0 unspecified atom stereocenters. The molecule has 0 heterocycles. The summed E-state index contributed by atoms with van der Waals surface area (Å²) in [5.74, 6) is -7.05. The van der Waals surface area contributed by atoms with Crippen LogP contribution in [0.15, 0.2) is 12.1 Å². The molecule has 0 saturated heterocycles. The lowest BCUT2D eigenvalue weighted by atomic mass is 10.0. The minimum absolute atomic E-state index is 0. The van der Waals surface area contributed by atoms with E-state index < -0.39 is 34.3 Å². The summed E-state index contributed by atoms with van der Waals surface area (Å²) in [7, 11) is 0. The van der Waals surface area contributed by atoms with Gasteiger partial charge in [-0.1, -0.05) is 23.2 Å². The van der Waals surface area contributed by atoms with Gasteiger partial charge in [-0.15, -0.1) is 12.4 Å². The van der Waals surface area contributed by atoms with Gasteiger partial charge in [-0.05, 0) is 19.1 Å². The summed E-state index contributed by atoms with van der Waals surface area (Å²) in [6.07, 6.45) is 0. The van der Waals surface area contributed by atoms with Gasteiger partial charge < -0.3 is 10.5 Å². The van der Waals surface area contributed by atoms with Gasteiger partial charge >= 0.3 is 11.9 Å². The van der Waals surface area contributed by atoms with Crippen LogP contribution in [0.25, 0.3) is 0 Å². The van der Waals surface area contributed by atoms with Crippen LogP contribution in [0, 0.1) is 5.82 Å². The third-order valence-corrected chi connectivity index (χ3v) is 3.15. The third-order valence-electron chi connectivity index (χ3n) is 2.33. The molecule has 0 fully saturated rings. The van der Waals surface area contributed by atoms with Crippen molar-refractivity contribution in [1.29, 1.82) is 0 Å². The fraction of sp³-hybridized carbons (Fsp3) is 0.364. The molecule has 1 atom stereocenters. The highest BCUT2D eigenvalue weighted by molar-refractivity contribution is 6.42. The lowest BCUT2D eigenvalue weighted by Gasteiger charge is -2.23. The maximum Gasteiger partial charge on any atom is 0.379 e. The van der Waals surface area contributed by atoms with E-state index in [4.69, 9.17) is 28.9 Å². The van der Waals surface area contributed by atoms with Crippen LogP contribution >= 0.6 is 35.6 Å². The molecule has 0 amide bonds. The van der Waals surface area contributed by atoms with E-state index in [0.717, 1.165) is 12.1 Å². The molecule has 0 aliphatic carbocycles. The van der Waals surface area contributed by atoms with Gasteiger partial charge in [-0.2, -0.15) is 8.78 Å². The molecule has 1 rings (SSSR count). The molecule has 0 aliphatic rings. The lowest BCUT2D eigenvalue weighted by molar-refractivity contribution is -0.174. The van der Waals surface area contributed by atoms with Gasteiger partial charge in [0.15, 0.2) is 0 Å². The Labute approximate surface area is 129 Å². The van der Waals surface area contributed by atoms with Crippen molar-refractivity contribution in [3.05, 3.63) is 33.6 Å². The molecule has 20 heavy (non-hydrogen) atoms. The standard InChI is InChI=1S/C11H10Cl2F3NO2.ClH/c1-2-19-10(18)11(15,16)9(17)7-6(14)4-3-5(12)8(7)13;/h3-4,9H,2,17H2,1H3;1H/t9-;/m0./s1. The summed E-state index contributed by atoms with van der Waals surface area (Å²) in [4.78, 5) is 11.1. The molecule has 114 valence electrons.